The first kappa shape index (κ1) is 23.9. The highest BCUT2D eigenvalue weighted by Crippen LogP contribution is 2.24. The number of hydrogen-bond acceptors (Lipinski definition) is 5. The first-order valence-corrected chi connectivity index (χ1v) is 11.6. The number of urea groups is 1. The molecule has 0 unspecified atom stereocenters. The van der Waals surface area contributed by atoms with Gasteiger partial charge >= 0.3 is 6.03 Å². The monoisotopic (exact) mass is 504 g/mol. The van der Waals surface area contributed by atoms with E-state index in [1.54, 1.807) is 37.4 Å². The van der Waals surface area contributed by atoms with E-state index < -0.39 is 11.8 Å². The van der Waals surface area contributed by atoms with Crippen LogP contribution in [0.2, 0.25) is 4.34 Å². The van der Waals surface area contributed by atoms with Crippen molar-refractivity contribution < 1.29 is 18.7 Å². The van der Waals surface area contributed by atoms with E-state index in [1.807, 2.05) is 0 Å². The maximum atomic E-state index is 14.7. The number of methoxy groups -OCH3 is 1. The van der Waals surface area contributed by atoms with Crippen molar-refractivity contribution in [3.05, 3.63) is 80.1 Å². The molecule has 2 N–H and O–H groups in total. The zero-order chi connectivity index (χ0) is 24.2. The fourth-order valence-electron chi connectivity index (χ4n) is 3.81. The summed E-state index contributed by atoms with van der Waals surface area (Å²) < 4.78 is 22.0. The van der Waals surface area contributed by atoms with Gasteiger partial charge in [-0.1, -0.05) is 17.7 Å². The van der Waals surface area contributed by atoms with E-state index in [0.29, 0.717) is 34.5 Å². The average molecular weight is 505 g/mol. The van der Waals surface area contributed by atoms with Crippen LogP contribution in [0.15, 0.2) is 59.5 Å². The molecule has 1 saturated heterocycles. The van der Waals surface area contributed by atoms with Crippen LogP contribution in [-0.4, -0.2) is 54.3 Å². The van der Waals surface area contributed by atoms with Crippen LogP contribution in [0.3, 0.4) is 0 Å². The van der Waals surface area contributed by atoms with Gasteiger partial charge in [-0.2, -0.15) is 0 Å². The molecule has 0 saturated carbocycles. The molecule has 1 fully saturated rings. The molecule has 1 aromatic carbocycles. The number of halogens is 2. The maximum Gasteiger partial charge on any atom is 0.322 e. The summed E-state index contributed by atoms with van der Waals surface area (Å²) in [5.41, 5.74) is 0.0595. The van der Waals surface area contributed by atoms with Gasteiger partial charge < -0.3 is 20.3 Å². The molecule has 4 rings (SSSR count). The maximum absolute atomic E-state index is 14.7. The van der Waals surface area contributed by atoms with Crippen LogP contribution in [-0.2, 0) is 4.74 Å². The highest BCUT2D eigenvalue weighted by Gasteiger charge is 2.36. The lowest BCUT2D eigenvalue weighted by molar-refractivity contribution is 0.0760. The van der Waals surface area contributed by atoms with Crippen molar-refractivity contribution in [2.24, 2.45) is 5.92 Å². The zero-order valence-corrected chi connectivity index (χ0v) is 19.7. The van der Waals surface area contributed by atoms with Gasteiger partial charge in [0.15, 0.2) is 0 Å². The summed E-state index contributed by atoms with van der Waals surface area (Å²) >= 11 is 7.07. The third kappa shape index (κ3) is 5.30. The number of benzene rings is 1. The minimum absolute atomic E-state index is 0.00183. The molecular weight excluding hydrogens is 483 g/mol. The molecule has 1 aliphatic rings. The smallest absolute Gasteiger partial charge is 0.322 e. The average Bonchev–Trinajstić information content (AvgIpc) is 3.45. The SMILES string of the molecule is CO[C@@H]1CN(C(=O)Nc2ccc(-n3ccccc3=O)cc2F)C[C@@H]1CNC(=O)c1ccc(Cl)s1. The number of ether oxygens (including phenoxy) is 1. The van der Waals surface area contributed by atoms with Crippen LogP contribution in [0.25, 0.3) is 5.69 Å². The van der Waals surface area contributed by atoms with Crippen molar-refractivity contribution in [1.29, 1.82) is 0 Å². The molecule has 11 heteroatoms. The number of likely N-dealkylation sites (tertiary alicyclic amines) is 1. The van der Waals surface area contributed by atoms with E-state index in [1.165, 1.54) is 45.2 Å². The van der Waals surface area contributed by atoms with Crippen LogP contribution in [0, 0.1) is 11.7 Å². The number of pyridine rings is 1. The molecule has 1 aliphatic heterocycles. The number of nitrogens with one attached hydrogen (secondary N) is 2. The molecular formula is C23H22ClFN4O4S. The largest absolute Gasteiger partial charge is 0.379 e. The third-order valence-electron chi connectivity index (χ3n) is 5.59. The predicted octanol–water partition coefficient (Wildman–Crippen LogP) is 3.60. The van der Waals surface area contributed by atoms with Crippen LogP contribution < -0.4 is 16.2 Å². The topological polar surface area (TPSA) is 92.7 Å². The van der Waals surface area contributed by atoms with Crippen LogP contribution in [0.5, 0.6) is 0 Å². The second-order valence-electron chi connectivity index (χ2n) is 7.76. The summed E-state index contributed by atoms with van der Waals surface area (Å²) in [5, 5.41) is 5.42. The van der Waals surface area contributed by atoms with Crippen molar-refractivity contribution in [3.63, 3.8) is 0 Å². The lowest BCUT2D eigenvalue weighted by atomic mass is 10.1. The number of nitrogens with zero attached hydrogens (tertiary/aromatic N) is 2. The lowest BCUT2D eigenvalue weighted by Crippen LogP contribution is -2.35. The van der Waals surface area contributed by atoms with Crippen molar-refractivity contribution >= 4 is 40.6 Å². The highest BCUT2D eigenvalue weighted by atomic mass is 35.5. The Morgan fingerprint density at radius 1 is 1.21 bits per heavy atom. The summed E-state index contributed by atoms with van der Waals surface area (Å²) in [4.78, 5) is 39.1. The highest BCUT2D eigenvalue weighted by molar-refractivity contribution is 7.18. The fraction of sp³-hybridized carbons (Fsp3) is 0.261. The summed E-state index contributed by atoms with van der Waals surface area (Å²) in [6.45, 7) is 0.938. The molecule has 3 aromatic rings. The van der Waals surface area contributed by atoms with E-state index in [-0.39, 0.29) is 29.2 Å². The minimum Gasteiger partial charge on any atom is -0.379 e. The Balaban J connectivity index is 1.38. The number of carbonyl (C=O) groups is 2. The molecule has 0 radical (unpaired) electrons. The lowest BCUT2D eigenvalue weighted by Gasteiger charge is -2.18. The van der Waals surface area contributed by atoms with Gasteiger partial charge in [0.25, 0.3) is 11.5 Å². The molecule has 2 aromatic heterocycles. The number of thiophene rings is 1. The Bertz CT molecular complexity index is 1260. The molecule has 8 nitrogen and oxygen atoms in total. The molecule has 3 amide bonds. The van der Waals surface area contributed by atoms with Crippen LogP contribution in [0.1, 0.15) is 9.67 Å². The molecule has 0 aliphatic carbocycles. The van der Waals surface area contributed by atoms with Crippen molar-refractivity contribution in [3.8, 4) is 5.69 Å². The van der Waals surface area contributed by atoms with Crippen molar-refractivity contribution in [2.75, 3.05) is 32.1 Å². The van der Waals surface area contributed by atoms with E-state index in [0.717, 1.165) is 0 Å². The Labute approximate surface area is 203 Å². The molecule has 0 bridgehead atoms. The van der Waals surface area contributed by atoms with Gasteiger partial charge in [0.05, 0.1) is 26.7 Å². The van der Waals surface area contributed by atoms with Gasteiger partial charge in [0.2, 0.25) is 0 Å². The summed E-state index contributed by atoms with van der Waals surface area (Å²) in [6.07, 6.45) is 1.26. The third-order valence-corrected chi connectivity index (χ3v) is 6.82. The molecule has 0 spiro atoms. The summed E-state index contributed by atoms with van der Waals surface area (Å²) in [7, 11) is 1.55. The second-order valence-corrected chi connectivity index (χ2v) is 9.47. The summed E-state index contributed by atoms with van der Waals surface area (Å²) in [6, 6.07) is 11.6. The molecule has 2 atom stereocenters. The number of rotatable bonds is 6. The van der Waals surface area contributed by atoms with Crippen LogP contribution >= 0.6 is 22.9 Å². The fourth-order valence-corrected chi connectivity index (χ4v) is 4.77. The second kappa shape index (κ2) is 10.4. The Morgan fingerprint density at radius 3 is 2.71 bits per heavy atom. The van der Waals surface area contributed by atoms with Gasteiger partial charge in [0.1, 0.15) is 5.82 Å². The normalized spacial score (nSPS) is 17.6. The molecule has 34 heavy (non-hydrogen) atoms. The van der Waals surface area contributed by atoms with Gasteiger partial charge in [-0.3, -0.25) is 14.2 Å². The van der Waals surface area contributed by atoms with E-state index >= 15 is 0 Å². The number of hydrogen-bond donors (Lipinski definition) is 2. The first-order chi connectivity index (χ1) is 16.4. The van der Waals surface area contributed by atoms with Gasteiger partial charge in [-0.15, -0.1) is 11.3 Å². The van der Waals surface area contributed by atoms with E-state index in [2.05, 4.69) is 10.6 Å². The molecule has 178 valence electrons. The molecule has 3 heterocycles. The number of aromatic nitrogens is 1. The number of carbonyl (C=O) groups excluding carboxylic acids is 2. The van der Waals surface area contributed by atoms with Crippen molar-refractivity contribution in [1.82, 2.24) is 14.8 Å². The van der Waals surface area contributed by atoms with E-state index in [9.17, 15) is 18.8 Å². The van der Waals surface area contributed by atoms with E-state index in [4.69, 9.17) is 16.3 Å². The number of amides is 3. The summed E-state index contributed by atoms with van der Waals surface area (Å²) in [5.74, 6) is -1.04. The van der Waals surface area contributed by atoms with Crippen LogP contribution in [0.4, 0.5) is 14.9 Å². The van der Waals surface area contributed by atoms with Gasteiger partial charge in [-0.25, -0.2) is 9.18 Å². The van der Waals surface area contributed by atoms with Crippen molar-refractivity contribution in [2.45, 2.75) is 6.10 Å². The Kier molecular flexibility index (Phi) is 7.30. The number of anilines is 1. The first-order valence-electron chi connectivity index (χ1n) is 10.5. The predicted molar refractivity (Wildman–Crippen MR) is 129 cm³/mol. The standard InChI is InChI=1S/C23H22ClFN4O4S/c1-33-18-13-28(12-14(18)11-26-22(31)19-7-8-20(24)34-19)23(32)27-17-6-5-15(10-16(17)25)29-9-3-2-4-21(29)30/h2-10,14,18H,11-13H2,1H3,(H,26,31)(H,27,32)/t14-,18+/m0/s1. The zero-order valence-electron chi connectivity index (χ0n) is 18.2. The quantitative estimate of drug-likeness (QED) is 0.536. The van der Waals surface area contributed by atoms with Gasteiger partial charge in [-0.05, 0) is 30.3 Å². The Morgan fingerprint density at radius 2 is 2.03 bits per heavy atom. The van der Waals surface area contributed by atoms with Gasteiger partial charge in [0, 0.05) is 51.0 Å². The Hall–Kier alpha value is -3.21. The minimum atomic E-state index is -0.664.